The van der Waals surface area contributed by atoms with Crippen molar-refractivity contribution in [2.75, 3.05) is 11.5 Å². The van der Waals surface area contributed by atoms with Crippen molar-refractivity contribution in [2.45, 2.75) is 19.8 Å². The average Bonchev–Trinajstić information content (AvgIpc) is 1.97. The molecule has 0 fully saturated rings. The zero-order valence-corrected chi connectivity index (χ0v) is 7.32. The Morgan fingerprint density at radius 1 is 1.36 bits per heavy atom. The van der Waals surface area contributed by atoms with Crippen LogP contribution in [0.15, 0.2) is 0 Å². The van der Waals surface area contributed by atoms with Crippen LogP contribution in [0, 0.1) is 0 Å². The van der Waals surface area contributed by atoms with E-state index >= 15 is 0 Å². The fourth-order valence-corrected chi connectivity index (χ4v) is 1.11. The van der Waals surface area contributed by atoms with Crippen molar-refractivity contribution in [3.63, 3.8) is 0 Å². The van der Waals surface area contributed by atoms with E-state index in [-0.39, 0.29) is 18.6 Å². The topological polar surface area (TPSA) is 54.4 Å². The standard InChI is InChI=1S/C7H12O3S/c1-2-11-5-6(8)3-4-7(9)10/h2-5H2,1H3,(H,9,10). The molecule has 0 atom stereocenters. The van der Waals surface area contributed by atoms with Gasteiger partial charge in [-0.2, -0.15) is 11.8 Å². The van der Waals surface area contributed by atoms with Crippen molar-refractivity contribution < 1.29 is 14.7 Å². The molecule has 0 saturated carbocycles. The number of aliphatic carboxylic acids is 1. The lowest BCUT2D eigenvalue weighted by atomic mass is 10.2. The first-order valence-corrected chi connectivity index (χ1v) is 4.63. The Bertz CT molecular complexity index is 145. The van der Waals surface area contributed by atoms with E-state index in [0.29, 0.717) is 5.75 Å². The van der Waals surface area contributed by atoms with Crippen LogP contribution >= 0.6 is 11.8 Å². The van der Waals surface area contributed by atoms with Gasteiger partial charge in [0.05, 0.1) is 12.2 Å². The number of carbonyl (C=O) groups excluding carboxylic acids is 1. The molecule has 0 aromatic carbocycles. The molecule has 3 nitrogen and oxygen atoms in total. The van der Waals surface area contributed by atoms with E-state index in [1.54, 1.807) is 0 Å². The summed E-state index contributed by atoms with van der Waals surface area (Å²) in [5, 5.41) is 8.23. The number of thioether (sulfide) groups is 1. The van der Waals surface area contributed by atoms with E-state index in [1.807, 2.05) is 6.92 Å². The molecule has 0 spiro atoms. The van der Waals surface area contributed by atoms with E-state index in [2.05, 4.69) is 0 Å². The summed E-state index contributed by atoms with van der Waals surface area (Å²) in [6.07, 6.45) is 0.130. The van der Waals surface area contributed by atoms with Crippen LogP contribution in [0.2, 0.25) is 0 Å². The molecule has 0 aliphatic carbocycles. The molecule has 0 rings (SSSR count). The SMILES string of the molecule is CCSCC(=O)CCC(=O)O. The van der Waals surface area contributed by atoms with Crippen LogP contribution in [0.3, 0.4) is 0 Å². The highest BCUT2D eigenvalue weighted by atomic mass is 32.2. The molecule has 1 N–H and O–H groups in total. The second-order valence-corrected chi connectivity index (χ2v) is 3.34. The summed E-state index contributed by atoms with van der Waals surface area (Å²) in [5.41, 5.74) is 0. The molecular weight excluding hydrogens is 164 g/mol. The number of carboxylic acid groups (broad SMARTS) is 1. The summed E-state index contributed by atoms with van der Waals surface area (Å²) in [7, 11) is 0. The maximum atomic E-state index is 10.8. The van der Waals surface area contributed by atoms with Gasteiger partial charge in [0.25, 0.3) is 0 Å². The number of hydrogen-bond acceptors (Lipinski definition) is 3. The van der Waals surface area contributed by atoms with Crippen LogP contribution in [-0.2, 0) is 9.59 Å². The van der Waals surface area contributed by atoms with E-state index in [9.17, 15) is 9.59 Å². The van der Waals surface area contributed by atoms with Gasteiger partial charge in [-0.15, -0.1) is 0 Å². The average molecular weight is 176 g/mol. The first-order valence-electron chi connectivity index (χ1n) is 3.48. The molecule has 0 aliphatic heterocycles. The maximum Gasteiger partial charge on any atom is 0.303 e. The Hall–Kier alpha value is -0.510. The Kier molecular flexibility index (Phi) is 5.93. The van der Waals surface area contributed by atoms with Crippen LogP contribution in [0.1, 0.15) is 19.8 Å². The summed E-state index contributed by atoms with van der Waals surface area (Å²) in [5.74, 6) is 0.474. The van der Waals surface area contributed by atoms with E-state index in [1.165, 1.54) is 11.8 Å². The summed E-state index contributed by atoms with van der Waals surface area (Å²) >= 11 is 1.53. The van der Waals surface area contributed by atoms with Crippen molar-refractivity contribution in [3.8, 4) is 0 Å². The number of carboxylic acids is 1. The first kappa shape index (κ1) is 10.5. The molecule has 0 heterocycles. The normalized spacial score (nSPS) is 9.55. The van der Waals surface area contributed by atoms with Gasteiger partial charge in [0.15, 0.2) is 0 Å². The van der Waals surface area contributed by atoms with E-state index < -0.39 is 5.97 Å². The van der Waals surface area contributed by atoms with Gasteiger partial charge in [0, 0.05) is 6.42 Å². The van der Waals surface area contributed by atoms with Crippen molar-refractivity contribution >= 4 is 23.5 Å². The molecule has 64 valence electrons. The molecule has 0 bridgehead atoms. The summed E-state index contributed by atoms with van der Waals surface area (Å²) in [6.45, 7) is 1.97. The first-order chi connectivity index (χ1) is 5.16. The fraction of sp³-hybridized carbons (Fsp3) is 0.714. The molecule has 0 saturated heterocycles. The van der Waals surface area contributed by atoms with Crippen LogP contribution in [0.4, 0.5) is 0 Å². The molecule has 0 aromatic rings. The quantitative estimate of drug-likeness (QED) is 0.660. The second-order valence-electron chi connectivity index (χ2n) is 2.07. The molecular formula is C7H12O3S. The van der Waals surface area contributed by atoms with Gasteiger partial charge in [-0.3, -0.25) is 9.59 Å². The third kappa shape index (κ3) is 7.39. The lowest BCUT2D eigenvalue weighted by Gasteiger charge is -1.95. The second kappa shape index (κ2) is 6.22. The predicted octanol–water partition coefficient (Wildman–Crippen LogP) is 1.17. The number of hydrogen-bond donors (Lipinski definition) is 1. The third-order valence-electron chi connectivity index (χ3n) is 1.08. The van der Waals surface area contributed by atoms with Crippen molar-refractivity contribution in [3.05, 3.63) is 0 Å². The molecule has 0 aromatic heterocycles. The van der Waals surface area contributed by atoms with Crippen molar-refractivity contribution in [2.24, 2.45) is 0 Å². The van der Waals surface area contributed by atoms with Gasteiger partial charge in [-0.05, 0) is 5.75 Å². The van der Waals surface area contributed by atoms with E-state index in [0.717, 1.165) is 5.75 Å². The molecule has 11 heavy (non-hydrogen) atoms. The van der Waals surface area contributed by atoms with Crippen LogP contribution in [-0.4, -0.2) is 28.4 Å². The molecule has 0 unspecified atom stereocenters. The number of ketones is 1. The lowest BCUT2D eigenvalue weighted by Crippen LogP contribution is -2.05. The Morgan fingerprint density at radius 3 is 2.45 bits per heavy atom. The van der Waals surface area contributed by atoms with Crippen LogP contribution < -0.4 is 0 Å². The van der Waals surface area contributed by atoms with Gasteiger partial charge in [-0.1, -0.05) is 6.92 Å². The van der Waals surface area contributed by atoms with Gasteiger partial charge in [0.1, 0.15) is 5.78 Å². The Balaban J connectivity index is 3.30. The van der Waals surface area contributed by atoms with Crippen LogP contribution in [0.25, 0.3) is 0 Å². The Morgan fingerprint density at radius 2 is 2.00 bits per heavy atom. The number of carbonyl (C=O) groups is 2. The zero-order chi connectivity index (χ0) is 8.69. The van der Waals surface area contributed by atoms with Crippen molar-refractivity contribution in [1.29, 1.82) is 0 Å². The molecule has 4 heteroatoms. The summed E-state index contributed by atoms with van der Waals surface area (Å²) in [6, 6.07) is 0. The lowest BCUT2D eigenvalue weighted by molar-refractivity contribution is -0.138. The Labute approximate surface area is 70.2 Å². The minimum absolute atomic E-state index is 0.0271. The summed E-state index contributed by atoms with van der Waals surface area (Å²) < 4.78 is 0. The maximum absolute atomic E-state index is 10.8. The monoisotopic (exact) mass is 176 g/mol. The highest BCUT2D eigenvalue weighted by Gasteiger charge is 2.04. The highest BCUT2D eigenvalue weighted by Crippen LogP contribution is 2.01. The number of Topliss-reactive ketones (excluding diaryl/α,β-unsaturated/α-hetero) is 1. The zero-order valence-electron chi connectivity index (χ0n) is 6.50. The predicted molar refractivity (Wildman–Crippen MR) is 44.9 cm³/mol. The smallest absolute Gasteiger partial charge is 0.303 e. The van der Waals surface area contributed by atoms with Crippen molar-refractivity contribution in [1.82, 2.24) is 0 Å². The molecule has 0 radical (unpaired) electrons. The highest BCUT2D eigenvalue weighted by molar-refractivity contribution is 7.99. The third-order valence-corrected chi connectivity index (χ3v) is 2.02. The molecule has 0 aliphatic rings. The molecule has 0 amide bonds. The minimum atomic E-state index is -0.903. The summed E-state index contributed by atoms with van der Waals surface area (Å²) in [4.78, 5) is 20.8. The minimum Gasteiger partial charge on any atom is -0.481 e. The van der Waals surface area contributed by atoms with Gasteiger partial charge >= 0.3 is 5.97 Å². The van der Waals surface area contributed by atoms with Gasteiger partial charge < -0.3 is 5.11 Å². The fourth-order valence-electron chi connectivity index (χ4n) is 0.534. The largest absolute Gasteiger partial charge is 0.481 e. The van der Waals surface area contributed by atoms with Gasteiger partial charge in [-0.25, -0.2) is 0 Å². The van der Waals surface area contributed by atoms with E-state index in [4.69, 9.17) is 5.11 Å². The van der Waals surface area contributed by atoms with Crippen LogP contribution in [0.5, 0.6) is 0 Å². The van der Waals surface area contributed by atoms with Gasteiger partial charge in [0.2, 0.25) is 0 Å². The number of rotatable bonds is 6.